The fraction of sp³-hybridized carbons (Fsp3) is 0.214. The van der Waals surface area contributed by atoms with E-state index in [9.17, 15) is 0 Å². The third kappa shape index (κ3) is 2.52. The van der Waals surface area contributed by atoms with E-state index in [0.717, 1.165) is 21.2 Å². The summed E-state index contributed by atoms with van der Waals surface area (Å²) in [5.41, 5.74) is 8.04. The van der Waals surface area contributed by atoms with Crippen molar-refractivity contribution in [3.63, 3.8) is 0 Å². The molecule has 0 amide bonds. The Bertz CT molecular complexity index is 668. The van der Waals surface area contributed by atoms with Crippen LogP contribution in [0.3, 0.4) is 0 Å². The molecule has 0 aliphatic rings. The largest absolute Gasteiger partial charge is 0.321 e. The number of hydrogen-bond acceptors (Lipinski definition) is 3. The van der Waals surface area contributed by atoms with Crippen LogP contribution in [0.4, 0.5) is 0 Å². The van der Waals surface area contributed by atoms with Crippen LogP contribution in [0.2, 0.25) is 5.02 Å². The number of aromatic nitrogens is 2. The maximum Gasteiger partial charge on any atom is 0.193 e. The molecule has 98 valence electrons. The monoisotopic (exact) mass is 291 g/mol. The second-order valence-corrected chi connectivity index (χ2v) is 6.24. The Kier molecular flexibility index (Phi) is 3.09. The van der Waals surface area contributed by atoms with Crippen LogP contribution in [0, 0.1) is 0 Å². The fourth-order valence-electron chi connectivity index (χ4n) is 2.17. The number of hydrogen-bond donors (Lipinski definition) is 1. The molecule has 5 heteroatoms. The molecule has 2 heterocycles. The number of nitrogens with zero attached hydrogens (tertiary/aromatic N) is 2. The quantitative estimate of drug-likeness (QED) is 0.803. The Balaban J connectivity index is 1.88. The van der Waals surface area contributed by atoms with E-state index in [1.54, 1.807) is 11.3 Å². The number of imidazole rings is 1. The molecule has 0 aliphatic carbocycles. The first-order valence-corrected chi connectivity index (χ1v) is 7.26. The summed E-state index contributed by atoms with van der Waals surface area (Å²) < 4.78 is 2.03. The van der Waals surface area contributed by atoms with E-state index < -0.39 is 5.54 Å². The number of halogens is 1. The average Bonchev–Trinajstić information content (AvgIpc) is 2.89. The molecular weight excluding hydrogens is 278 g/mol. The van der Waals surface area contributed by atoms with Crippen molar-refractivity contribution in [3.8, 4) is 0 Å². The maximum atomic E-state index is 6.42. The molecule has 2 N–H and O–H groups in total. The summed E-state index contributed by atoms with van der Waals surface area (Å²) in [5, 5.41) is 2.74. The molecule has 1 atom stereocenters. The Labute approximate surface area is 120 Å². The molecule has 1 unspecified atom stereocenters. The van der Waals surface area contributed by atoms with Crippen molar-refractivity contribution in [2.45, 2.75) is 18.9 Å². The summed E-state index contributed by atoms with van der Waals surface area (Å²) in [5.74, 6) is 0. The molecule has 3 aromatic rings. The van der Waals surface area contributed by atoms with Crippen molar-refractivity contribution >= 4 is 27.9 Å². The highest BCUT2D eigenvalue weighted by atomic mass is 35.5. The summed E-state index contributed by atoms with van der Waals surface area (Å²) in [7, 11) is 0. The zero-order valence-corrected chi connectivity index (χ0v) is 12.1. The number of benzene rings is 1. The van der Waals surface area contributed by atoms with E-state index in [1.807, 2.05) is 53.4 Å². The molecule has 3 rings (SSSR count). The topological polar surface area (TPSA) is 43.3 Å². The van der Waals surface area contributed by atoms with Gasteiger partial charge in [-0.15, -0.1) is 11.3 Å². The number of rotatable bonds is 3. The Morgan fingerprint density at radius 3 is 2.79 bits per heavy atom. The zero-order chi connectivity index (χ0) is 13.5. The van der Waals surface area contributed by atoms with Crippen LogP contribution in [0.15, 0.2) is 42.0 Å². The Morgan fingerprint density at radius 2 is 2.11 bits per heavy atom. The van der Waals surface area contributed by atoms with Gasteiger partial charge in [-0.1, -0.05) is 23.7 Å². The first-order chi connectivity index (χ1) is 9.04. The summed E-state index contributed by atoms with van der Waals surface area (Å²) in [6, 6.07) is 7.68. The molecule has 0 spiro atoms. The van der Waals surface area contributed by atoms with Crippen LogP contribution < -0.4 is 5.73 Å². The van der Waals surface area contributed by atoms with Gasteiger partial charge in [0, 0.05) is 34.8 Å². The minimum Gasteiger partial charge on any atom is -0.321 e. The van der Waals surface area contributed by atoms with E-state index in [4.69, 9.17) is 17.3 Å². The van der Waals surface area contributed by atoms with Gasteiger partial charge in [0.1, 0.15) is 0 Å². The van der Waals surface area contributed by atoms with Gasteiger partial charge >= 0.3 is 0 Å². The van der Waals surface area contributed by atoms with E-state index in [1.165, 1.54) is 0 Å². The van der Waals surface area contributed by atoms with Gasteiger partial charge in [-0.2, -0.15) is 0 Å². The molecule has 19 heavy (non-hydrogen) atoms. The third-order valence-electron chi connectivity index (χ3n) is 3.20. The molecule has 2 aromatic heterocycles. The lowest BCUT2D eigenvalue weighted by atomic mass is 9.89. The maximum absolute atomic E-state index is 6.42. The van der Waals surface area contributed by atoms with Gasteiger partial charge in [-0.25, -0.2) is 4.98 Å². The van der Waals surface area contributed by atoms with Crippen LogP contribution in [-0.2, 0) is 12.0 Å². The molecule has 0 bridgehead atoms. The van der Waals surface area contributed by atoms with Gasteiger partial charge in [-0.05, 0) is 24.6 Å². The van der Waals surface area contributed by atoms with Crippen LogP contribution in [0.5, 0.6) is 0 Å². The van der Waals surface area contributed by atoms with E-state index >= 15 is 0 Å². The molecule has 1 aromatic carbocycles. The normalized spacial score (nSPS) is 14.7. The molecule has 0 radical (unpaired) electrons. The van der Waals surface area contributed by atoms with Crippen LogP contribution in [0.25, 0.3) is 4.96 Å². The predicted molar refractivity (Wildman–Crippen MR) is 79.8 cm³/mol. The average molecular weight is 292 g/mol. The number of thiazole rings is 1. The highest BCUT2D eigenvalue weighted by Crippen LogP contribution is 2.24. The van der Waals surface area contributed by atoms with Crippen molar-refractivity contribution in [2.24, 2.45) is 5.73 Å². The van der Waals surface area contributed by atoms with Gasteiger partial charge in [0.15, 0.2) is 4.96 Å². The van der Waals surface area contributed by atoms with Gasteiger partial charge in [0.2, 0.25) is 0 Å². The predicted octanol–water partition coefficient (Wildman–Crippen LogP) is 3.47. The summed E-state index contributed by atoms with van der Waals surface area (Å²) in [4.78, 5) is 5.58. The molecule has 3 nitrogen and oxygen atoms in total. The molecular formula is C14H14ClN3S. The van der Waals surface area contributed by atoms with Crippen molar-refractivity contribution in [1.29, 1.82) is 0 Å². The SMILES string of the molecule is CC(N)(Cc1cn2ccsc2n1)c1ccc(Cl)cc1. The van der Waals surface area contributed by atoms with Gasteiger partial charge in [0.25, 0.3) is 0 Å². The van der Waals surface area contributed by atoms with Gasteiger partial charge in [0.05, 0.1) is 5.69 Å². The minimum absolute atomic E-state index is 0.450. The Hall–Kier alpha value is -1.36. The van der Waals surface area contributed by atoms with Crippen molar-refractivity contribution in [3.05, 3.63) is 58.3 Å². The first kappa shape index (κ1) is 12.7. The highest BCUT2D eigenvalue weighted by Gasteiger charge is 2.23. The number of nitrogens with two attached hydrogens (primary N) is 1. The lowest BCUT2D eigenvalue weighted by Crippen LogP contribution is -2.35. The molecule has 0 fully saturated rings. The zero-order valence-electron chi connectivity index (χ0n) is 10.5. The molecule has 0 saturated carbocycles. The third-order valence-corrected chi connectivity index (χ3v) is 4.22. The lowest BCUT2D eigenvalue weighted by Gasteiger charge is -2.24. The second-order valence-electron chi connectivity index (χ2n) is 4.93. The standard InChI is InChI=1S/C14H14ClN3S/c1-14(16,10-2-4-11(15)5-3-10)8-12-9-18-6-7-19-13(18)17-12/h2-7,9H,8,16H2,1H3. The van der Waals surface area contributed by atoms with E-state index in [-0.39, 0.29) is 0 Å². The molecule has 0 aliphatic heterocycles. The first-order valence-electron chi connectivity index (χ1n) is 6.01. The van der Waals surface area contributed by atoms with Gasteiger partial charge in [-0.3, -0.25) is 4.40 Å². The highest BCUT2D eigenvalue weighted by molar-refractivity contribution is 7.15. The van der Waals surface area contributed by atoms with E-state index in [2.05, 4.69) is 4.98 Å². The Morgan fingerprint density at radius 1 is 1.37 bits per heavy atom. The fourth-order valence-corrected chi connectivity index (χ4v) is 3.02. The summed E-state index contributed by atoms with van der Waals surface area (Å²) in [6.07, 6.45) is 4.74. The minimum atomic E-state index is -0.450. The lowest BCUT2D eigenvalue weighted by molar-refractivity contribution is 0.486. The second kappa shape index (κ2) is 4.63. The van der Waals surface area contributed by atoms with Crippen LogP contribution >= 0.6 is 22.9 Å². The van der Waals surface area contributed by atoms with Crippen LogP contribution in [-0.4, -0.2) is 9.38 Å². The van der Waals surface area contributed by atoms with E-state index in [0.29, 0.717) is 6.42 Å². The van der Waals surface area contributed by atoms with Crippen molar-refractivity contribution in [2.75, 3.05) is 0 Å². The van der Waals surface area contributed by atoms with Crippen molar-refractivity contribution in [1.82, 2.24) is 9.38 Å². The van der Waals surface area contributed by atoms with Crippen LogP contribution in [0.1, 0.15) is 18.2 Å². The summed E-state index contributed by atoms with van der Waals surface area (Å²) in [6.45, 7) is 2.02. The van der Waals surface area contributed by atoms with Crippen molar-refractivity contribution < 1.29 is 0 Å². The number of fused-ring (bicyclic) bond motifs is 1. The smallest absolute Gasteiger partial charge is 0.193 e. The summed E-state index contributed by atoms with van der Waals surface area (Å²) >= 11 is 7.53. The van der Waals surface area contributed by atoms with Gasteiger partial charge < -0.3 is 5.73 Å². The molecule has 0 saturated heterocycles.